The fourth-order valence-electron chi connectivity index (χ4n) is 7.53. The van der Waals surface area contributed by atoms with Crippen LogP contribution in [0.25, 0.3) is 0 Å². The molecule has 268 valence electrons. The maximum Gasteiger partial charge on any atom is 0.412 e. The van der Waals surface area contributed by atoms with Crippen molar-refractivity contribution in [3.05, 3.63) is 82.9 Å². The Kier molecular flexibility index (Phi) is 9.83. The normalized spacial score (nSPS) is 24.7. The molecule has 1 N–H and O–H groups in total. The van der Waals surface area contributed by atoms with Gasteiger partial charge in [0.25, 0.3) is 0 Å². The molecule has 2 aliphatic rings. The van der Waals surface area contributed by atoms with Gasteiger partial charge in [-0.2, -0.15) is 10.2 Å². The second-order valence-electron chi connectivity index (χ2n) is 16.3. The zero-order chi connectivity index (χ0) is 37.0. The Morgan fingerprint density at radius 3 is 2.16 bits per heavy atom. The molecule has 0 unspecified atom stereocenters. The summed E-state index contributed by atoms with van der Waals surface area (Å²) in [6.07, 6.45) is -1.72. The minimum Gasteiger partial charge on any atom is -0.481 e. The van der Waals surface area contributed by atoms with Gasteiger partial charge < -0.3 is 28.3 Å². The Bertz CT molecular complexity index is 1770. The highest BCUT2D eigenvalue weighted by Gasteiger charge is 2.79. The zero-order valence-electron chi connectivity index (χ0n) is 31.5. The lowest BCUT2D eigenvalue weighted by atomic mass is 9.70. The van der Waals surface area contributed by atoms with Crippen molar-refractivity contribution in [2.24, 2.45) is 5.92 Å². The monoisotopic (exact) mass is 716 g/mol. The number of hydrogen-bond acceptors (Lipinski definition) is 8. The SMILES string of the molecule is COc1nc(N(C)C(=O)O)cc2c1[C@]1(O[Si](C)(C)C)[C@H](O[Si](C)(C)C(C)(C)C)[C@H](CN(C)C)[C@@H](c3ccccc3)[C@]1(c1ccc(C#N)cc1)O2. The third kappa shape index (κ3) is 6.13. The fourth-order valence-corrected chi connectivity index (χ4v) is 10.2. The van der Waals surface area contributed by atoms with Crippen LogP contribution in [0.1, 0.15) is 48.9 Å². The summed E-state index contributed by atoms with van der Waals surface area (Å²) in [6.45, 7) is 18.4. The van der Waals surface area contributed by atoms with Crippen molar-refractivity contribution in [1.82, 2.24) is 9.88 Å². The van der Waals surface area contributed by atoms with Gasteiger partial charge in [-0.05, 0) is 75.1 Å². The van der Waals surface area contributed by atoms with Crippen molar-refractivity contribution < 1.29 is 28.2 Å². The van der Waals surface area contributed by atoms with Crippen molar-refractivity contribution in [3.8, 4) is 17.7 Å². The molecule has 1 amide bonds. The Morgan fingerprint density at radius 1 is 1.04 bits per heavy atom. The molecule has 2 heterocycles. The van der Waals surface area contributed by atoms with Crippen molar-refractivity contribution in [2.75, 3.05) is 39.7 Å². The number of aromatic nitrogens is 1. The minimum absolute atomic E-state index is 0.142. The summed E-state index contributed by atoms with van der Waals surface area (Å²) >= 11 is 0. The van der Waals surface area contributed by atoms with E-state index in [0.717, 1.165) is 16.0 Å². The molecule has 1 aliphatic carbocycles. The standard InChI is InChI=1S/C38H52N4O6Si2/c1-36(2,3)50(11,12)47-33-28(24-41(4)5)31(26-16-14-13-15-17-26)37(27-20-18-25(23-39)19-21-27)38(33,48-49(8,9)10)32-29(46-37)22-30(40-34(32)45-7)42(6)35(43)44/h13-22,28,31,33H,24H2,1-12H3,(H,43,44)/t28-,31-,33-,37+,38+/m1/s1. The van der Waals surface area contributed by atoms with Crippen LogP contribution in [0.5, 0.6) is 11.6 Å². The van der Waals surface area contributed by atoms with E-state index in [9.17, 15) is 15.2 Å². The van der Waals surface area contributed by atoms with E-state index in [4.69, 9.17) is 23.3 Å². The van der Waals surface area contributed by atoms with Gasteiger partial charge in [0.05, 0.1) is 30.4 Å². The predicted molar refractivity (Wildman–Crippen MR) is 200 cm³/mol. The lowest BCUT2D eigenvalue weighted by molar-refractivity contribution is -0.135. The molecule has 0 spiro atoms. The average Bonchev–Trinajstić information content (AvgIpc) is 3.42. The zero-order valence-corrected chi connectivity index (χ0v) is 33.5. The summed E-state index contributed by atoms with van der Waals surface area (Å²) in [5.41, 5.74) is 0.441. The number of ether oxygens (including phenoxy) is 2. The van der Waals surface area contributed by atoms with E-state index in [1.54, 1.807) is 13.2 Å². The third-order valence-corrected chi connectivity index (χ3v) is 15.9. The highest BCUT2D eigenvalue weighted by molar-refractivity contribution is 6.74. The number of carbonyl (C=O) groups is 1. The molecule has 1 aliphatic heterocycles. The topological polar surface area (TPSA) is 117 Å². The second-order valence-corrected chi connectivity index (χ2v) is 25.5. The number of hydrogen-bond donors (Lipinski definition) is 1. The molecule has 1 saturated carbocycles. The molecule has 5 atom stereocenters. The summed E-state index contributed by atoms with van der Waals surface area (Å²) in [7, 11) is 2.06. The first-order chi connectivity index (χ1) is 23.2. The van der Waals surface area contributed by atoms with Crippen molar-refractivity contribution in [3.63, 3.8) is 0 Å². The Balaban J connectivity index is 2.03. The highest BCUT2D eigenvalue weighted by Crippen LogP contribution is 2.73. The molecule has 12 heteroatoms. The lowest BCUT2D eigenvalue weighted by Gasteiger charge is -2.50. The Morgan fingerprint density at radius 2 is 1.66 bits per heavy atom. The quantitative estimate of drug-likeness (QED) is 0.210. The second kappa shape index (κ2) is 13.1. The molecule has 2 aromatic carbocycles. The lowest BCUT2D eigenvalue weighted by Crippen LogP contribution is -2.60. The van der Waals surface area contributed by atoms with E-state index in [-0.39, 0.29) is 28.6 Å². The third-order valence-electron chi connectivity index (χ3n) is 10.5. The van der Waals surface area contributed by atoms with Crippen LogP contribution in [0.15, 0.2) is 60.7 Å². The first-order valence-electron chi connectivity index (χ1n) is 17.1. The first-order valence-corrected chi connectivity index (χ1v) is 23.4. The summed E-state index contributed by atoms with van der Waals surface area (Å²) in [5.74, 6) is 0.320. The van der Waals surface area contributed by atoms with E-state index in [0.29, 0.717) is 23.4 Å². The van der Waals surface area contributed by atoms with Crippen molar-refractivity contribution in [1.29, 1.82) is 5.26 Å². The van der Waals surface area contributed by atoms with Crippen LogP contribution in [-0.4, -0.2) is 78.6 Å². The molecule has 0 saturated heterocycles. The maximum absolute atomic E-state index is 12.2. The van der Waals surface area contributed by atoms with E-state index < -0.39 is 40.0 Å². The van der Waals surface area contributed by atoms with Gasteiger partial charge in [0.15, 0.2) is 27.8 Å². The van der Waals surface area contributed by atoms with E-state index in [1.165, 1.54) is 7.05 Å². The van der Waals surface area contributed by atoms with Crippen LogP contribution in [-0.2, 0) is 20.1 Å². The van der Waals surface area contributed by atoms with Gasteiger partial charge >= 0.3 is 6.09 Å². The van der Waals surface area contributed by atoms with Crippen LogP contribution in [0.2, 0.25) is 37.8 Å². The summed E-state index contributed by atoms with van der Waals surface area (Å²) in [6, 6.07) is 21.9. The van der Waals surface area contributed by atoms with E-state index in [2.05, 4.69) is 90.7 Å². The van der Waals surface area contributed by atoms with Gasteiger partial charge in [-0.15, -0.1) is 0 Å². The smallest absolute Gasteiger partial charge is 0.412 e. The molecule has 5 rings (SSSR count). The number of pyridine rings is 1. The maximum atomic E-state index is 12.2. The number of carboxylic acid groups (broad SMARTS) is 1. The molecule has 1 aromatic heterocycles. The van der Waals surface area contributed by atoms with Gasteiger partial charge in [-0.25, -0.2) is 4.79 Å². The van der Waals surface area contributed by atoms with Gasteiger partial charge in [0.2, 0.25) is 5.88 Å². The van der Waals surface area contributed by atoms with Gasteiger partial charge in [0.1, 0.15) is 11.6 Å². The van der Waals surface area contributed by atoms with Crippen LogP contribution in [0.4, 0.5) is 10.6 Å². The number of rotatable bonds is 10. The molecule has 3 aromatic rings. The molecular weight excluding hydrogens is 665 g/mol. The summed E-state index contributed by atoms with van der Waals surface area (Å²) in [5, 5.41) is 19.7. The predicted octanol–water partition coefficient (Wildman–Crippen LogP) is 7.78. The molecule has 10 nitrogen and oxygen atoms in total. The number of benzene rings is 2. The molecule has 0 bridgehead atoms. The Labute approximate surface area is 299 Å². The first kappa shape index (κ1) is 37.5. The molecule has 50 heavy (non-hydrogen) atoms. The Hall–Kier alpha value is -3.74. The number of methoxy groups -OCH3 is 1. The van der Waals surface area contributed by atoms with Crippen LogP contribution < -0.4 is 14.4 Å². The average molecular weight is 717 g/mol. The van der Waals surface area contributed by atoms with Crippen LogP contribution in [0, 0.1) is 17.2 Å². The van der Waals surface area contributed by atoms with Gasteiger partial charge in [-0.3, -0.25) is 4.90 Å². The van der Waals surface area contributed by atoms with E-state index in [1.807, 2.05) is 42.5 Å². The highest BCUT2D eigenvalue weighted by atomic mass is 28.4. The number of fused-ring (bicyclic) bond motifs is 3. The summed E-state index contributed by atoms with van der Waals surface area (Å²) in [4.78, 5) is 20.3. The molecule has 1 fully saturated rings. The van der Waals surface area contributed by atoms with Crippen molar-refractivity contribution in [2.45, 2.75) is 81.8 Å². The number of nitrogens with zero attached hydrogens (tertiary/aromatic N) is 4. The van der Waals surface area contributed by atoms with Crippen LogP contribution >= 0.6 is 0 Å². The number of anilines is 1. The molecular formula is C38H52N4O6Si2. The van der Waals surface area contributed by atoms with Gasteiger partial charge in [-0.1, -0.05) is 63.2 Å². The van der Waals surface area contributed by atoms with Crippen molar-refractivity contribution >= 4 is 28.5 Å². The fraction of sp³-hybridized carbons (Fsp3) is 0.500. The van der Waals surface area contributed by atoms with Crippen LogP contribution in [0.3, 0.4) is 0 Å². The van der Waals surface area contributed by atoms with Gasteiger partial charge in [0, 0.05) is 31.5 Å². The van der Waals surface area contributed by atoms with E-state index >= 15 is 0 Å². The molecule has 0 radical (unpaired) electrons. The minimum atomic E-state index is -2.55. The largest absolute Gasteiger partial charge is 0.481 e. The number of nitriles is 1. The number of amides is 1. The summed E-state index contributed by atoms with van der Waals surface area (Å²) < 4.78 is 29.2.